The van der Waals surface area contributed by atoms with Gasteiger partial charge in [-0.15, -0.1) is 0 Å². The average Bonchev–Trinajstić information content (AvgIpc) is 3.11. The summed E-state index contributed by atoms with van der Waals surface area (Å²) in [6, 6.07) is 10.1. The highest BCUT2D eigenvalue weighted by atomic mass is 16.5. The predicted molar refractivity (Wildman–Crippen MR) is 92.8 cm³/mol. The van der Waals surface area contributed by atoms with Crippen molar-refractivity contribution in [1.29, 1.82) is 0 Å². The molecule has 0 aliphatic carbocycles. The van der Waals surface area contributed by atoms with Crippen LogP contribution in [0.15, 0.2) is 30.3 Å². The molecule has 1 N–H and O–H groups in total. The largest absolute Gasteiger partial charge is 0.378 e. The summed E-state index contributed by atoms with van der Waals surface area (Å²) >= 11 is 0. The van der Waals surface area contributed by atoms with Crippen molar-refractivity contribution >= 4 is 16.8 Å². The third kappa shape index (κ3) is 3.05. The molecule has 1 aromatic carbocycles. The number of aromatic nitrogens is 3. The Morgan fingerprint density at radius 1 is 1.33 bits per heavy atom. The number of benzene rings is 1. The smallest absolute Gasteiger partial charge is 0.270 e. The molecule has 126 valence electrons. The summed E-state index contributed by atoms with van der Waals surface area (Å²) in [5.41, 5.74) is 4.63. The molecule has 0 atom stereocenters. The second kappa shape index (κ2) is 6.49. The molecule has 0 radical (unpaired) electrons. The minimum absolute atomic E-state index is 0.0192. The Kier molecular flexibility index (Phi) is 4.40. The maximum atomic E-state index is 12.8. The van der Waals surface area contributed by atoms with Crippen molar-refractivity contribution < 1.29 is 9.53 Å². The van der Waals surface area contributed by atoms with Crippen LogP contribution in [0.3, 0.4) is 0 Å². The van der Waals surface area contributed by atoms with Crippen LogP contribution in [0.1, 0.15) is 27.4 Å². The first-order chi connectivity index (χ1) is 11.5. The van der Waals surface area contributed by atoms with E-state index in [1.807, 2.05) is 29.8 Å². The second-order valence-corrected chi connectivity index (χ2v) is 6.13. The van der Waals surface area contributed by atoms with Gasteiger partial charge in [0.15, 0.2) is 0 Å². The van der Waals surface area contributed by atoms with Gasteiger partial charge in [-0.25, -0.2) is 0 Å². The van der Waals surface area contributed by atoms with Gasteiger partial charge in [0.25, 0.3) is 5.91 Å². The Morgan fingerprint density at radius 3 is 2.88 bits per heavy atom. The van der Waals surface area contributed by atoms with E-state index in [2.05, 4.69) is 29.3 Å². The summed E-state index contributed by atoms with van der Waals surface area (Å²) in [6.07, 6.45) is 0. The SMILES string of the molecule is COCc1cc(CN(C)C(=O)c2cc3cc(C)ccc3n2C)[nH]n1. The number of carbonyl (C=O) groups is 1. The number of hydrogen-bond donors (Lipinski definition) is 1. The van der Waals surface area contributed by atoms with Crippen LogP contribution in [-0.4, -0.2) is 39.7 Å². The topological polar surface area (TPSA) is 63.1 Å². The normalized spacial score (nSPS) is 11.2. The van der Waals surface area contributed by atoms with E-state index < -0.39 is 0 Å². The van der Waals surface area contributed by atoms with Gasteiger partial charge in [0.2, 0.25) is 0 Å². The molecule has 2 aromatic heterocycles. The van der Waals surface area contributed by atoms with Crippen molar-refractivity contribution in [2.24, 2.45) is 7.05 Å². The number of H-pyrrole nitrogens is 1. The molecule has 0 spiro atoms. The number of aryl methyl sites for hydroxylation is 2. The number of nitrogens with zero attached hydrogens (tertiary/aromatic N) is 3. The van der Waals surface area contributed by atoms with E-state index in [1.54, 1.807) is 19.1 Å². The quantitative estimate of drug-likeness (QED) is 0.784. The Hall–Kier alpha value is -2.60. The fourth-order valence-electron chi connectivity index (χ4n) is 2.91. The Balaban J connectivity index is 1.81. The third-order valence-electron chi connectivity index (χ3n) is 4.15. The number of fused-ring (bicyclic) bond motifs is 1. The summed E-state index contributed by atoms with van der Waals surface area (Å²) in [4.78, 5) is 14.5. The van der Waals surface area contributed by atoms with Gasteiger partial charge >= 0.3 is 0 Å². The summed E-state index contributed by atoms with van der Waals surface area (Å²) in [6.45, 7) is 2.97. The molecule has 1 amide bonds. The fraction of sp³-hybridized carbons (Fsp3) is 0.333. The van der Waals surface area contributed by atoms with Gasteiger partial charge in [-0.05, 0) is 31.2 Å². The molecular weight excluding hydrogens is 304 g/mol. The highest BCUT2D eigenvalue weighted by Crippen LogP contribution is 2.21. The predicted octanol–water partition coefficient (Wildman–Crippen LogP) is 2.63. The molecule has 6 heteroatoms. The Morgan fingerprint density at radius 2 is 2.12 bits per heavy atom. The van der Waals surface area contributed by atoms with Crippen LogP contribution >= 0.6 is 0 Å². The van der Waals surface area contributed by atoms with Crippen molar-refractivity contribution in [1.82, 2.24) is 19.7 Å². The molecule has 0 saturated carbocycles. The molecule has 2 heterocycles. The fourth-order valence-corrected chi connectivity index (χ4v) is 2.91. The minimum Gasteiger partial charge on any atom is -0.378 e. The molecule has 24 heavy (non-hydrogen) atoms. The van der Waals surface area contributed by atoms with Crippen molar-refractivity contribution in [2.45, 2.75) is 20.1 Å². The molecule has 0 saturated heterocycles. The molecule has 3 rings (SSSR count). The average molecular weight is 326 g/mol. The molecule has 6 nitrogen and oxygen atoms in total. The van der Waals surface area contributed by atoms with E-state index in [0.717, 1.165) is 22.3 Å². The Bertz CT molecular complexity index is 878. The third-order valence-corrected chi connectivity index (χ3v) is 4.15. The van der Waals surface area contributed by atoms with Crippen molar-refractivity contribution in [3.8, 4) is 0 Å². The van der Waals surface area contributed by atoms with Crippen molar-refractivity contribution in [3.05, 3.63) is 53.0 Å². The number of amides is 1. The highest BCUT2D eigenvalue weighted by molar-refractivity contribution is 5.98. The molecule has 0 unspecified atom stereocenters. The van der Waals surface area contributed by atoms with E-state index in [4.69, 9.17) is 4.74 Å². The number of methoxy groups -OCH3 is 1. The zero-order valence-corrected chi connectivity index (χ0v) is 14.5. The van der Waals surface area contributed by atoms with E-state index in [0.29, 0.717) is 18.8 Å². The molecule has 3 aromatic rings. The van der Waals surface area contributed by atoms with Gasteiger partial charge in [0, 0.05) is 32.1 Å². The lowest BCUT2D eigenvalue weighted by Gasteiger charge is -2.16. The monoisotopic (exact) mass is 326 g/mol. The maximum Gasteiger partial charge on any atom is 0.270 e. The number of carbonyl (C=O) groups excluding carboxylic acids is 1. The highest BCUT2D eigenvalue weighted by Gasteiger charge is 2.18. The van der Waals surface area contributed by atoms with Gasteiger partial charge in [0.05, 0.1) is 24.5 Å². The lowest BCUT2D eigenvalue weighted by Crippen LogP contribution is -2.28. The number of rotatable bonds is 5. The van der Waals surface area contributed by atoms with E-state index >= 15 is 0 Å². The molecule has 0 aliphatic rings. The number of nitrogens with one attached hydrogen (secondary N) is 1. The second-order valence-electron chi connectivity index (χ2n) is 6.13. The molecular formula is C18H22N4O2. The van der Waals surface area contributed by atoms with Crippen LogP contribution in [0.4, 0.5) is 0 Å². The van der Waals surface area contributed by atoms with Gasteiger partial charge in [-0.3, -0.25) is 9.89 Å². The van der Waals surface area contributed by atoms with Gasteiger partial charge in [0.1, 0.15) is 5.69 Å². The first-order valence-electron chi connectivity index (χ1n) is 7.83. The number of ether oxygens (including phenoxy) is 1. The summed E-state index contributed by atoms with van der Waals surface area (Å²) in [5, 5.41) is 8.19. The Labute approximate surface area is 141 Å². The lowest BCUT2D eigenvalue weighted by atomic mass is 10.2. The zero-order chi connectivity index (χ0) is 17.3. The van der Waals surface area contributed by atoms with Crippen molar-refractivity contribution in [3.63, 3.8) is 0 Å². The summed E-state index contributed by atoms with van der Waals surface area (Å²) in [5.74, 6) is -0.0192. The molecule has 0 aliphatic heterocycles. The van der Waals surface area contributed by atoms with Crippen molar-refractivity contribution in [2.75, 3.05) is 14.2 Å². The van der Waals surface area contributed by atoms with Gasteiger partial charge < -0.3 is 14.2 Å². The van der Waals surface area contributed by atoms with Crippen LogP contribution in [-0.2, 0) is 24.9 Å². The van der Waals surface area contributed by atoms with Gasteiger partial charge in [-0.1, -0.05) is 11.6 Å². The maximum absolute atomic E-state index is 12.8. The number of aromatic amines is 1. The zero-order valence-electron chi connectivity index (χ0n) is 14.5. The van der Waals surface area contributed by atoms with Crippen LogP contribution in [0.25, 0.3) is 10.9 Å². The van der Waals surface area contributed by atoms with E-state index in [1.165, 1.54) is 5.56 Å². The van der Waals surface area contributed by atoms with Crippen LogP contribution < -0.4 is 0 Å². The first kappa shape index (κ1) is 16.3. The van der Waals surface area contributed by atoms with Crippen LogP contribution in [0, 0.1) is 6.92 Å². The van der Waals surface area contributed by atoms with Crippen LogP contribution in [0.2, 0.25) is 0 Å². The van der Waals surface area contributed by atoms with Crippen LogP contribution in [0.5, 0.6) is 0 Å². The van der Waals surface area contributed by atoms with E-state index in [-0.39, 0.29) is 5.91 Å². The summed E-state index contributed by atoms with van der Waals surface area (Å²) < 4.78 is 7.00. The first-order valence-corrected chi connectivity index (χ1v) is 7.83. The molecule has 0 fully saturated rings. The minimum atomic E-state index is -0.0192. The lowest BCUT2D eigenvalue weighted by molar-refractivity contribution is 0.0774. The van der Waals surface area contributed by atoms with Gasteiger partial charge in [-0.2, -0.15) is 5.10 Å². The summed E-state index contributed by atoms with van der Waals surface area (Å²) in [7, 11) is 5.35. The van der Waals surface area contributed by atoms with E-state index in [9.17, 15) is 4.79 Å². The molecule has 0 bridgehead atoms. The standard InChI is InChI=1S/C18H22N4O2/c1-12-5-6-16-13(7-12)8-17(22(16)3)18(23)21(2)10-14-9-15(11-24-4)20-19-14/h5-9H,10-11H2,1-4H3,(H,19,20). The number of hydrogen-bond acceptors (Lipinski definition) is 3.